The molecule has 138 valence electrons. The Morgan fingerprint density at radius 1 is 1.19 bits per heavy atom. The predicted molar refractivity (Wildman–Crippen MR) is 100 cm³/mol. The fraction of sp³-hybridized carbons (Fsp3) is 0.450. The molecule has 1 saturated heterocycles. The van der Waals surface area contributed by atoms with E-state index in [-0.39, 0.29) is 5.91 Å². The largest absolute Gasteiger partial charge is 0.497 e. The molecule has 0 radical (unpaired) electrons. The SMILES string of the molecule is COc1ccc(CN2CCC(CNC(=O)c3cnc(C)cn3)CC2)cc1. The number of hydrogen-bond donors (Lipinski definition) is 1. The lowest BCUT2D eigenvalue weighted by molar-refractivity contribution is 0.0930. The fourth-order valence-corrected chi connectivity index (χ4v) is 3.18. The molecule has 6 nitrogen and oxygen atoms in total. The molecule has 2 heterocycles. The third-order valence-electron chi connectivity index (χ3n) is 4.84. The highest BCUT2D eigenvalue weighted by molar-refractivity contribution is 5.91. The Kier molecular flexibility index (Phi) is 6.17. The number of likely N-dealkylation sites (tertiary alicyclic amines) is 1. The molecule has 1 amide bonds. The van der Waals surface area contributed by atoms with E-state index in [1.54, 1.807) is 13.3 Å². The summed E-state index contributed by atoms with van der Waals surface area (Å²) >= 11 is 0. The summed E-state index contributed by atoms with van der Waals surface area (Å²) in [6, 6.07) is 8.25. The number of ether oxygens (including phenoxy) is 1. The molecule has 26 heavy (non-hydrogen) atoms. The van der Waals surface area contributed by atoms with Gasteiger partial charge in [0.25, 0.3) is 5.91 Å². The first kappa shape index (κ1) is 18.3. The molecule has 0 unspecified atom stereocenters. The van der Waals surface area contributed by atoms with E-state index in [9.17, 15) is 4.79 Å². The second kappa shape index (κ2) is 8.76. The Morgan fingerprint density at radius 2 is 1.92 bits per heavy atom. The van der Waals surface area contributed by atoms with Crippen LogP contribution >= 0.6 is 0 Å². The van der Waals surface area contributed by atoms with Crippen molar-refractivity contribution in [2.45, 2.75) is 26.3 Å². The van der Waals surface area contributed by atoms with E-state index in [1.165, 1.54) is 11.8 Å². The summed E-state index contributed by atoms with van der Waals surface area (Å²) in [6.07, 6.45) is 5.33. The normalized spacial score (nSPS) is 15.6. The van der Waals surface area contributed by atoms with Crippen molar-refractivity contribution >= 4 is 5.91 Å². The van der Waals surface area contributed by atoms with Gasteiger partial charge in [-0.3, -0.25) is 14.7 Å². The van der Waals surface area contributed by atoms with Crippen LogP contribution in [-0.4, -0.2) is 47.5 Å². The molecule has 6 heteroatoms. The topological polar surface area (TPSA) is 67.3 Å². The first-order valence-electron chi connectivity index (χ1n) is 9.06. The lowest BCUT2D eigenvalue weighted by Crippen LogP contribution is -2.38. The molecule has 0 atom stereocenters. The van der Waals surface area contributed by atoms with E-state index in [0.717, 1.165) is 43.9 Å². The zero-order valence-electron chi connectivity index (χ0n) is 15.4. The molecule has 0 aliphatic carbocycles. The van der Waals surface area contributed by atoms with Gasteiger partial charge >= 0.3 is 0 Å². The van der Waals surface area contributed by atoms with E-state index in [0.29, 0.717) is 18.2 Å². The van der Waals surface area contributed by atoms with E-state index < -0.39 is 0 Å². The minimum atomic E-state index is -0.141. The standard InChI is InChI=1S/C20H26N4O2/c1-15-11-22-19(13-21-15)20(25)23-12-16-7-9-24(10-8-16)14-17-3-5-18(26-2)6-4-17/h3-6,11,13,16H,7-10,12,14H2,1-2H3,(H,23,25). The number of piperidine rings is 1. The molecule has 0 bridgehead atoms. The average molecular weight is 354 g/mol. The van der Waals surface area contributed by atoms with Crippen molar-refractivity contribution in [3.05, 3.63) is 53.6 Å². The monoisotopic (exact) mass is 354 g/mol. The molecule has 1 aliphatic rings. The van der Waals surface area contributed by atoms with Crippen LogP contribution in [0.4, 0.5) is 0 Å². The molecule has 1 N–H and O–H groups in total. The lowest BCUT2D eigenvalue weighted by Gasteiger charge is -2.32. The van der Waals surface area contributed by atoms with Crippen molar-refractivity contribution in [1.29, 1.82) is 0 Å². The van der Waals surface area contributed by atoms with Crippen LogP contribution in [0.1, 0.15) is 34.6 Å². The number of carbonyl (C=O) groups is 1. The summed E-state index contributed by atoms with van der Waals surface area (Å²) in [7, 11) is 1.68. The van der Waals surface area contributed by atoms with Gasteiger partial charge in [0.15, 0.2) is 0 Å². The van der Waals surface area contributed by atoms with Crippen LogP contribution in [0, 0.1) is 12.8 Å². The number of carbonyl (C=O) groups excluding carboxylic acids is 1. The van der Waals surface area contributed by atoms with Gasteiger partial charge in [0.2, 0.25) is 0 Å². The van der Waals surface area contributed by atoms with E-state index in [1.807, 2.05) is 19.1 Å². The highest BCUT2D eigenvalue weighted by Crippen LogP contribution is 2.19. The van der Waals surface area contributed by atoms with Crippen molar-refractivity contribution in [3.63, 3.8) is 0 Å². The van der Waals surface area contributed by atoms with Crippen molar-refractivity contribution in [3.8, 4) is 5.75 Å². The third kappa shape index (κ3) is 5.02. The molecule has 0 saturated carbocycles. The lowest BCUT2D eigenvalue weighted by atomic mass is 9.96. The number of amides is 1. The van der Waals surface area contributed by atoms with Gasteiger partial charge < -0.3 is 10.1 Å². The van der Waals surface area contributed by atoms with Gasteiger partial charge in [-0.15, -0.1) is 0 Å². The number of methoxy groups -OCH3 is 1. The second-order valence-electron chi connectivity index (χ2n) is 6.82. The average Bonchev–Trinajstić information content (AvgIpc) is 2.68. The number of rotatable bonds is 6. The molecule has 1 aromatic carbocycles. The van der Waals surface area contributed by atoms with Gasteiger partial charge in [-0.25, -0.2) is 4.98 Å². The Balaban J connectivity index is 1.40. The summed E-state index contributed by atoms with van der Waals surface area (Å²) in [5, 5.41) is 2.99. The first-order chi connectivity index (χ1) is 12.6. The smallest absolute Gasteiger partial charge is 0.271 e. The predicted octanol–water partition coefficient (Wildman–Crippen LogP) is 2.44. The maximum atomic E-state index is 12.1. The molecular formula is C20H26N4O2. The van der Waals surface area contributed by atoms with Gasteiger partial charge in [-0.1, -0.05) is 12.1 Å². The van der Waals surface area contributed by atoms with Crippen molar-refractivity contribution in [2.24, 2.45) is 5.92 Å². The number of nitrogens with zero attached hydrogens (tertiary/aromatic N) is 3. The molecule has 1 fully saturated rings. The van der Waals surface area contributed by atoms with Crippen LogP contribution in [0.3, 0.4) is 0 Å². The van der Waals surface area contributed by atoms with Crippen molar-refractivity contribution < 1.29 is 9.53 Å². The Morgan fingerprint density at radius 3 is 2.54 bits per heavy atom. The quantitative estimate of drug-likeness (QED) is 0.863. The Labute approximate surface area is 154 Å². The number of nitrogens with one attached hydrogen (secondary N) is 1. The van der Waals surface area contributed by atoms with E-state index >= 15 is 0 Å². The zero-order chi connectivity index (χ0) is 18.4. The third-order valence-corrected chi connectivity index (χ3v) is 4.84. The summed E-state index contributed by atoms with van der Waals surface area (Å²) in [4.78, 5) is 22.8. The number of benzene rings is 1. The van der Waals surface area contributed by atoms with Gasteiger partial charge in [-0.05, 0) is 56.5 Å². The van der Waals surface area contributed by atoms with Crippen LogP contribution in [0.25, 0.3) is 0 Å². The van der Waals surface area contributed by atoms with Crippen LogP contribution in [0.5, 0.6) is 5.75 Å². The summed E-state index contributed by atoms with van der Waals surface area (Å²) in [5.41, 5.74) is 2.49. The maximum absolute atomic E-state index is 12.1. The Bertz CT molecular complexity index is 708. The highest BCUT2D eigenvalue weighted by Gasteiger charge is 2.20. The van der Waals surface area contributed by atoms with Gasteiger partial charge in [0, 0.05) is 19.3 Å². The summed E-state index contributed by atoms with van der Waals surface area (Å²) in [5.74, 6) is 1.27. The Hall–Kier alpha value is -2.47. The van der Waals surface area contributed by atoms with Crippen molar-refractivity contribution in [2.75, 3.05) is 26.7 Å². The number of hydrogen-bond acceptors (Lipinski definition) is 5. The van der Waals surface area contributed by atoms with Gasteiger partial charge in [0.05, 0.1) is 19.0 Å². The second-order valence-corrected chi connectivity index (χ2v) is 6.82. The van der Waals surface area contributed by atoms with E-state index in [4.69, 9.17) is 4.74 Å². The minimum Gasteiger partial charge on any atom is -0.497 e. The van der Waals surface area contributed by atoms with Gasteiger partial charge in [0.1, 0.15) is 11.4 Å². The molecular weight excluding hydrogens is 328 g/mol. The summed E-state index contributed by atoms with van der Waals surface area (Å²) in [6.45, 7) is 5.62. The van der Waals surface area contributed by atoms with Crippen LogP contribution in [-0.2, 0) is 6.54 Å². The van der Waals surface area contributed by atoms with Crippen molar-refractivity contribution in [1.82, 2.24) is 20.2 Å². The number of aryl methyl sites for hydroxylation is 1. The molecule has 0 spiro atoms. The highest BCUT2D eigenvalue weighted by atomic mass is 16.5. The molecule has 1 aromatic heterocycles. The van der Waals surface area contributed by atoms with Crippen LogP contribution in [0.15, 0.2) is 36.7 Å². The molecule has 3 rings (SSSR count). The summed E-state index contributed by atoms with van der Waals surface area (Å²) < 4.78 is 5.20. The fourth-order valence-electron chi connectivity index (χ4n) is 3.18. The molecule has 2 aromatic rings. The van der Waals surface area contributed by atoms with Crippen LogP contribution in [0.2, 0.25) is 0 Å². The zero-order valence-corrected chi connectivity index (χ0v) is 15.4. The minimum absolute atomic E-state index is 0.141. The van der Waals surface area contributed by atoms with Gasteiger partial charge in [-0.2, -0.15) is 0 Å². The van der Waals surface area contributed by atoms with E-state index in [2.05, 4.69) is 32.3 Å². The number of aromatic nitrogens is 2. The maximum Gasteiger partial charge on any atom is 0.271 e. The van der Waals surface area contributed by atoms with Crippen LogP contribution < -0.4 is 10.1 Å². The first-order valence-corrected chi connectivity index (χ1v) is 9.06. The molecule has 1 aliphatic heterocycles.